The monoisotopic (exact) mass is 686 g/mol. The van der Waals surface area contributed by atoms with E-state index >= 15 is 0 Å². The van der Waals surface area contributed by atoms with Crippen LogP contribution >= 0.6 is 0 Å². The van der Waals surface area contributed by atoms with Crippen LogP contribution in [0.25, 0.3) is 0 Å². The normalized spacial score (nSPS) is 20.1. The van der Waals surface area contributed by atoms with Crippen LogP contribution in [0.15, 0.2) is 152 Å². The maximum absolute atomic E-state index is 13.1. The van der Waals surface area contributed by atoms with Crippen molar-refractivity contribution in [3.8, 4) is 0 Å². The number of carbonyl (C=O) groups is 1. The smallest absolute Gasteiger partial charge is 0.306 e. The van der Waals surface area contributed by atoms with Gasteiger partial charge >= 0.3 is 5.97 Å². The van der Waals surface area contributed by atoms with Crippen LogP contribution in [0, 0.1) is 0 Å². The van der Waals surface area contributed by atoms with Crippen molar-refractivity contribution in [1.29, 1.82) is 0 Å². The summed E-state index contributed by atoms with van der Waals surface area (Å²) < 4.78 is 39.1. The molecule has 0 aliphatic carbocycles. The molecule has 0 radical (unpaired) electrons. The van der Waals surface area contributed by atoms with Gasteiger partial charge in [0.2, 0.25) is 0 Å². The zero-order valence-electron chi connectivity index (χ0n) is 28.8. The minimum absolute atomic E-state index is 0.154. The Morgan fingerprint density at radius 1 is 0.451 bits per heavy atom. The van der Waals surface area contributed by atoms with Gasteiger partial charge in [-0.2, -0.15) is 0 Å². The Morgan fingerprint density at radius 3 is 1.27 bits per heavy atom. The first-order chi connectivity index (χ1) is 25.2. The second-order valence-corrected chi connectivity index (χ2v) is 12.7. The Hall–Kier alpha value is -4.63. The van der Waals surface area contributed by atoms with E-state index in [1.165, 1.54) is 0 Å². The van der Waals surface area contributed by atoms with E-state index in [4.69, 9.17) is 28.4 Å². The number of carbonyl (C=O) groups excluding carboxylic acids is 1. The summed E-state index contributed by atoms with van der Waals surface area (Å²) in [5, 5.41) is 0. The molecule has 5 aromatic carbocycles. The van der Waals surface area contributed by atoms with Gasteiger partial charge in [0.05, 0.1) is 39.1 Å². The average molecular weight is 687 g/mol. The third-order valence-corrected chi connectivity index (χ3v) is 8.86. The van der Waals surface area contributed by atoms with Crippen LogP contribution in [-0.2, 0) is 66.3 Å². The Kier molecular flexibility index (Phi) is 14.0. The molecule has 6 rings (SSSR count). The molecule has 1 saturated heterocycles. The summed E-state index contributed by atoms with van der Waals surface area (Å²) in [5.41, 5.74) is 5.09. The lowest BCUT2D eigenvalue weighted by Crippen LogP contribution is -2.61. The van der Waals surface area contributed by atoms with Crippen molar-refractivity contribution in [1.82, 2.24) is 0 Å². The molecule has 0 amide bonds. The molecule has 0 aromatic heterocycles. The Labute approximate surface area is 301 Å². The largest absolute Gasteiger partial charge is 0.461 e. The molecule has 1 fully saturated rings. The van der Waals surface area contributed by atoms with Gasteiger partial charge in [-0.25, -0.2) is 0 Å². The Balaban J connectivity index is 1.26. The standard InChI is InChI=1S/C44H46O7/c45-41(47-29-35-18-8-2-9-19-35)27-26-39-42(48-30-36-20-10-3-11-21-36)44(50-32-38-24-14-5-15-25-38)43(49-31-37-22-12-4-13-23-37)40(51-39)33-46-28-34-16-6-1-7-17-34/h1-25,39-40,42-44H,26-33H2/t39-,40-,42+,43+,44-/m1/s1. The van der Waals surface area contributed by atoms with E-state index < -0.39 is 30.5 Å². The van der Waals surface area contributed by atoms with Crippen molar-refractivity contribution in [2.45, 2.75) is 76.4 Å². The fraction of sp³-hybridized carbons (Fsp3) is 0.295. The van der Waals surface area contributed by atoms with Crippen molar-refractivity contribution in [3.05, 3.63) is 179 Å². The summed E-state index contributed by atoms with van der Waals surface area (Å²) in [4.78, 5) is 13.1. The number of hydrogen-bond acceptors (Lipinski definition) is 7. The molecule has 0 bridgehead atoms. The molecule has 1 aliphatic rings. The SMILES string of the molecule is O=C(CC[C@H]1O[C@H](COCc2ccccc2)[C@H](OCc2ccccc2)[C@H](OCc2ccccc2)[C@H]1OCc1ccccc1)OCc1ccccc1. The highest BCUT2D eigenvalue weighted by molar-refractivity contribution is 5.69. The zero-order valence-corrected chi connectivity index (χ0v) is 28.8. The van der Waals surface area contributed by atoms with Crippen LogP contribution in [-0.4, -0.2) is 43.1 Å². The maximum Gasteiger partial charge on any atom is 0.306 e. The van der Waals surface area contributed by atoms with Crippen LogP contribution < -0.4 is 0 Å². The highest BCUT2D eigenvalue weighted by Crippen LogP contribution is 2.33. The Morgan fingerprint density at radius 2 is 0.824 bits per heavy atom. The van der Waals surface area contributed by atoms with Gasteiger partial charge in [-0.3, -0.25) is 4.79 Å². The minimum Gasteiger partial charge on any atom is -0.461 e. The van der Waals surface area contributed by atoms with E-state index in [0.29, 0.717) is 32.8 Å². The van der Waals surface area contributed by atoms with Gasteiger partial charge in [-0.1, -0.05) is 152 Å². The van der Waals surface area contributed by atoms with Gasteiger partial charge in [0.25, 0.3) is 0 Å². The van der Waals surface area contributed by atoms with E-state index in [0.717, 1.165) is 27.8 Å². The second-order valence-electron chi connectivity index (χ2n) is 12.7. The van der Waals surface area contributed by atoms with E-state index in [-0.39, 0.29) is 25.6 Å². The van der Waals surface area contributed by atoms with Crippen molar-refractivity contribution in [2.24, 2.45) is 0 Å². The summed E-state index contributed by atoms with van der Waals surface area (Å²) in [6, 6.07) is 49.9. The molecule has 0 spiro atoms. The molecule has 0 unspecified atom stereocenters. The first-order valence-electron chi connectivity index (χ1n) is 17.6. The lowest BCUT2D eigenvalue weighted by molar-refractivity contribution is -0.273. The molecule has 264 valence electrons. The third-order valence-electron chi connectivity index (χ3n) is 8.86. The molecule has 5 atom stereocenters. The van der Waals surface area contributed by atoms with Gasteiger partial charge in [0.15, 0.2) is 0 Å². The van der Waals surface area contributed by atoms with Crippen molar-refractivity contribution >= 4 is 5.97 Å². The van der Waals surface area contributed by atoms with Crippen molar-refractivity contribution < 1.29 is 33.2 Å². The summed E-state index contributed by atoms with van der Waals surface area (Å²) in [7, 11) is 0. The van der Waals surface area contributed by atoms with Crippen LogP contribution in [0.3, 0.4) is 0 Å². The van der Waals surface area contributed by atoms with Crippen LogP contribution in [0.5, 0.6) is 0 Å². The number of ether oxygens (including phenoxy) is 6. The summed E-state index contributed by atoms with van der Waals surface area (Å²) in [6.45, 7) is 1.96. The lowest BCUT2D eigenvalue weighted by Gasteiger charge is -2.46. The maximum atomic E-state index is 13.1. The summed E-state index contributed by atoms with van der Waals surface area (Å²) in [6.07, 6.45) is -2.10. The molecule has 7 nitrogen and oxygen atoms in total. The second kappa shape index (κ2) is 19.7. The van der Waals surface area contributed by atoms with E-state index in [9.17, 15) is 4.79 Å². The first-order valence-corrected chi connectivity index (χ1v) is 17.6. The minimum atomic E-state index is -0.554. The highest BCUT2D eigenvalue weighted by atomic mass is 16.6. The number of esters is 1. The molecule has 0 saturated carbocycles. The number of benzene rings is 5. The summed E-state index contributed by atoms with van der Waals surface area (Å²) >= 11 is 0. The van der Waals surface area contributed by atoms with Gasteiger partial charge < -0.3 is 28.4 Å². The topological polar surface area (TPSA) is 72.5 Å². The molecule has 0 N–H and O–H groups in total. The highest BCUT2D eigenvalue weighted by Gasteiger charge is 2.48. The van der Waals surface area contributed by atoms with E-state index in [1.54, 1.807) is 0 Å². The van der Waals surface area contributed by atoms with Gasteiger partial charge in [-0.05, 0) is 34.2 Å². The summed E-state index contributed by atoms with van der Waals surface area (Å²) in [5.74, 6) is -0.301. The zero-order chi connectivity index (χ0) is 34.9. The predicted octanol–water partition coefficient (Wildman–Crippen LogP) is 8.25. The number of rotatable bonds is 18. The van der Waals surface area contributed by atoms with Gasteiger partial charge in [0, 0.05) is 6.42 Å². The fourth-order valence-corrected chi connectivity index (χ4v) is 6.19. The van der Waals surface area contributed by atoms with Crippen LogP contribution in [0.4, 0.5) is 0 Å². The van der Waals surface area contributed by atoms with Crippen molar-refractivity contribution in [2.75, 3.05) is 6.61 Å². The number of hydrogen-bond donors (Lipinski definition) is 0. The average Bonchev–Trinajstić information content (AvgIpc) is 3.19. The Bertz CT molecular complexity index is 1690. The van der Waals surface area contributed by atoms with E-state index in [1.807, 2.05) is 152 Å². The molecule has 5 aromatic rings. The van der Waals surface area contributed by atoms with Crippen LogP contribution in [0.2, 0.25) is 0 Å². The quantitative estimate of drug-likeness (QED) is 0.0860. The van der Waals surface area contributed by atoms with Crippen LogP contribution in [0.1, 0.15) is 40.7 Å². The van der Waals surface area contributed by atoms with E-state index in [2.05, 4.69) is 0 Å². The predicted molar refractivity (Wildman–Crippen MR) is 195 cm³/mol. The third kappa shape index (κ3) is 11.4. The van der Waals surface area contributed by atoms with Gasteiger partial charge in [0.1, 0.15) is 31.0 Å². The molecule has 1 aliphatic heterocycles. The lowest BCUT2D eigenvalue weighted by atomic mass is 9.91. The molecule has 51 heavy (non-hydrogen) atoms. The van der Waals surface area contributed by atoms with Gasteiger partial charge in [-0.15, -0.1) is 0 Å². The molecule has 1 heterocycles. The molecule has 7 heteroatoms. The molecular weight excluding hydrogens is 640 g/mol. The first kappa shape index (κ1) is 36.2. The molecular formula is C44H46O7. The van der Waals surface area contributed by atoms with Crippen molar-refractivity contribution in [3.63, 3.8) is 0 Å². The fourth-order valence-electron chi connectivity index (χ4n) is 6.19.